The van der Waals surface area contributed by atoms with Crippen LogP contribution in [-0.2, 0) is 16.4 Å². The maximum atomic E-state index is 12.5. The van der Waals surface area contributed by atoms with Crippen molar-refractivity contribution in [1.29, 1.82) is 0 Å². The Hall–Kier alpha value is -1.05. The van der Waals surface area contributed by atoms with E-state index in [1.807, 2.05) is 0 Å². The average Bonchev–Trinajstić information content (AvgIpc) is 2.48. The Morgan fingerprint density at radius 2 is 1.95 bits per heavy atom. The minimum Gasteiger partial charge on any atom is -0.395 e. The van der Waals surface area contributed by atoms with Crippen molar-refractivity contribution < 1.29 is 22.3 Å². The number of aliphatic hydroxyl groups excluding tert-OH is 1. The minimum absolute atomic E-state index is 0.0817. The molecule has 0 amide bonds. The van der Waals surface area contributed by atoms with E-state index in [4.69, 9.17) is 0 Å². The van der Waals surface area contributed by atoms with E-state index in [1.165, 1.54) is 12.1 Å². The van der Waals surface area contributed by atoms with Crippen LogP contribution in [0.1, 0.15) is 25.3 Å². The number of rotatable bonds is 5. The second-order valence-corrected chi connectivity index (χ2v) is 7.71. The summed E-state index contributed by atoms with van der Waals surface area (Å²) in [6, 6.07) is 5.64. The SMILES string of the molecule is CC1CCCN(Cc2ccc(S(=O)(=O)C(F)F)cc2)C1CO. The maximum Gasteiger partial charge on any atom is 0.341 e. The summed E-state index contributed by atoms with van der Waals surface area (Å²) < 4.78 is 47.7. The summed E-state index contributed by atoms with van der Waals surface area (Å²) >= 11 is 0. The van der Waals surface area contributed by atoms with Gasteiger partial charge < -0.3 is 5.11 Å². The fourth-order valence-corrected chi connectivity index (χ4v) is 3.67. The molecule has 1 aliphatic heterocycles. The van der Waals surface area contributed by atoms with Gasteiger partial charge in [0.25, 0.3) is 0 Å². The molecule has 0 bridgehead atoms. The fourth-order valence-electron chi connectivity index (χ4n) is 2.95. The Morgan fingerprint density at radius 1 is 1.32 bits per heavy atom. The molecule has 1 aliphatic rings. The molecule has 2 rings (SSSR count). The Labute approximate surface area is 129 Å². The van der Waals surface area contributed by atoms with Gasteiger partial charge in [0.1, 0.15) is 0 Å². The first-order chi connectivity index (χ1) is 10.4. The zero-order valence-corrected chi connectivity index (χ0v) is 13.3. The molecule has 2 atom stereocenters. The number of hydrogen-bond donors (Lipinski definition) is 1. The minimum atomic E-state index is -4.54. The molecular weight excluding hydrogens is 312 g/mol. The van der Waals surface area contributed by atoms with Crippen molar-refractivity contribution in [2.45, 2.75) is 43.0 Å². The van der Waals surface area contributed by atoms with Gasteiger partial charge in [-0.15, -0.1) is 0 Å². The molecule has 0 saturated carbocycles. The normalized spacial score (nSPS) is 23.9. The van der Waals surface area contributed by atoms with Crippen molar-refractivity contribution >= 4 is 9.84 Å². The molecule has 1 fully saturated rings. The first-order valence-corrected chi connectivity index (χ1v) is 8.86. The summed E-state index contributed by atoms with van der Waals surface area (Å²) in [5.41, 5.74) is 0.848. The number of halogens is 2. The van der Waals surface area contributed by atoms with E-state index in [9.17, 15) is 22.3 Å². The van der Waals surface area contributed by atoms with E-state index in [-0.39, 0.29) is 17.5 Å². The van der Waals surface area contributed by atoms with Crippen LogP contribution in [0.4, 0.5) is 8.78 Å². The van der Waals surface area contributed by atoms with Gasteiger partial charge in [-0.1, -0.05) is 19.1 Å². The highest BCUT2D eigenvalue weighted by Crippen LogP contribution is 2.25. The number of sulfone groups is 1. The van der Waals surface area contributed by atoms with Crippen molar-refractivity contribution in [3.8, 4) is 0 Å². The second kappa shape index (κ2) is 7.02. The zero-order chi connectivity index (χ0) is 16.3. The summed E-state index contributed by atoms with van der Waals surface area (Å²) in [5.74, 6) is -3.00. The standard InChI is InChI=1S/C15H21F2NO3S/c1-11-3-2-8-18(14(11)10-19)9-12-4-6-13(7-5-12)22(20,21)15(16)17/h4-7,11,14-15,19H,2-3,8-10H2,1H3. The van der Waals surface area contributed by atoms with Gasteiger partial charge in [0.05, 0.1) is 11.5 Å². The number of piperidine rings is 1. The topological polar surface area (TPSA) is 57.6 Å². The quantitative estimate of drug-likeness (QED) is 0.898. The first-order valence-electron chi connectivity index (χ1n) is 7.32. The van der Waals surface area contributed by atoms with Gasteiger partial charge >= 0.3 is 5.76 Å². The van der Waals surface area contributed by atoms with Crippen molar-refractivity contribution in [3.63, 3.8) is 0 Å². The molecule has 0 aliphatic carbocycles. The van der Waals surface area contributed by atoms with E-state index in [2.05, 4.69) is 11.8 Å². The molecule has 7 heteroatoms. The second-order valence-electron chi connectivity index (χ2n) is 5.79. The number of likely N-dealkylation sites (tertiary alicyclic amines) is 1. The summed E-state index contributed by atoms with van der Waals surface area (Å²) in [5, 5.41) is 9.52. The van der Waals surface area contributed by atoms with Crippen LogP contribution in [0.2, 0.25) is 0 Å². The Balaban J connectivity index is 2.11. The Kier molecular flexibility index (Phi) is 5.52. The predicted molar refractivity (Wildman–Crippen MR) is 79.3 cm³/mol. The molecule has 0 aromatic heterocycles. The molecule has 0 spiro atoms. The lowest BCUT2D eigenvalue weighted by Crippen LogP contribution is -2.45. The van der Waals surface area contributed by atoms with Crippen LogP contribution in [0, 0.1) is 5.92 Å². The van der Waals surface area contributed by atoms with Crippen LogP contribution < -0.4 is 0 Å². The van der Waals surface area contributed by atoms with Crippen LogP contribution in [0.3, 0.4) is 0 Å². The van der Waals surface area contributed by atoms with Gasteiger partial charge in [-0.05, 0) is 43.0 Å². The van der Waals surface area contributed by atoms with Gasteiger partial charge in [0.2, 0.25) is 9.84 Å². The third-order valence-corrected chi connectivity index (χ3v) is 5.69. The van der Waals surface area contributed by atoms with E-state index >= 15 is 0 Å². The molecule has 2 unspecified atom stereocenters. The number of benzene rings is 1. The lowest BCUT2D eigenvalue weighted by Gasteiger charge is -2.39. The van der Waals surface area contributed by atoms with Crippen molar-refractivity contribution in [2.24, 2.45) is 5.92 Å². The third kappa shape index (κ3) is 3.64. The van der Waals surface area contributed by atoms with E-state index in [0.29, 0.717) is 12.5 Å². The molecule has 124 valence electrons. The summed E-state index contributed by atoms with van der Waals surface area (Å²) in [4.78, 5) is 1.79. The number of alkyl halides is 2. The van der Waals surface area contributed by atoms with Gasteiger partial charge in [-0.3, -0.25) is 4.90 Å². The first kappa shape index (κ1) is 17.3. The number of aliphatic hydroxyl groups is 1. The zero-order valence-electron chi connectivity index (χ0n) is 12.5. The Bertz CT molecular complexity index is 589. The molecule has 1 N–H and O–H groups in total. The molecule has 4 nitrogen and oxygen atoms in total. The highest BCUT2D eigenvalue weighted by molar-refractivity contribution is 7.91. The van der Waals surface area contributed by atoms with Crippen molar-refractivity contribution in [3.05, 3.63) is 29.8 Å². The Morgan fingerprint density at radius 3 is 2.50 bits per heavy atom. The summed E-state index contributed by atoms with van der Waals surface area (Å²) in [6.45, 7) is 3.63. The van der Waals surface area contributed by atoms with Gasteiger partial charge in [0.15, 0.2) is 0 Å². The van der Waals surface area contributed by atoms with Crippen LogP contribution in [0.5, 0.6) is 0 Å². The molecule has 1 heterocycles. The van der Waals surface area contributed by atoms with E-state index in [1.54, 1.807) is 12.1 Å². The van der Waals surface area contributed by atoms with Crippen molar-refractivity contribution in [2.75, 3.05) is 13.2 Å². The highest BCUT2D eigenvalue weighted by Gasteiger charge is 2.28. The van der Waals surface area contributed by atoms with Crippen molar-refractivity contribution in [1.82, 2.24) is 4.90 Å². The van der Waals surface area contributed by atoms with Crippen LogP contribution in [-0.4, -0.2) is 43.4 Å². The molecule has 1 aromatic carbocycles. The molecule has 1 aromatic rings. The van der Waals surface area contributed by atoms with E-state index < -0.39 is 15.6 Å². The van der Waals surface area contributed by atoms with Gasteiger partial charge in [0, 0.05) is 12.6 Å². The molecule has 22 heavy (non-hydrogen) atoms. The smallest absolute Gasteiger partial charge is 0.341 e. The monoisotopic (exact) mass is 333 g/mol. The molecular formula is C15H21F2NO3S. The van der Waals surface area contributed by atoms with Crippen LogP contribution >= 0.6 is 0 Å². The number of hydrogen-bond acceptors (Lipinski definition) is 4. The molecule has 0 radical (unpaired) electrons. The lowest BCUT2D eigenvalue weighted by molar-refractivity contribution is 0.0472. The van der Waals surface area contributed by atoms with Gasteiger partial charge in [-0.2, -0.15) is 8.78 Å². The summed E-state index contributed by atoms with van der Waals surface area (Å²) in [7, 11) is -4.54. The third-order valence-electron chi connectivity index (χ3n) is 4.29. The number of nitrogens with zero attached hydrogens (tertiary/aromatic N) is 1. The molecule has 1 saturated heterocycles. The van der Waals surface area contributed by atoms with Crippen LogP contribution in [0.25, 0.3) is 0 Å². The largest absolute Gasteiger partial charge is 0.395 e. The fraction of sp³-hybridized carbons (Fsp3) is 0.600. The maximum absolute atomic E-state index is 12.5. The average molecular weight is 333 g/mol. The van der Waals surface area contributed by atoms with Crippen LogP contribution in [0.15, 0.2) is 29.2 Å². The van der Waals surface area contributed by atoms with Gasteiger partial charge in [-0.25, -0.2) is 8.42 Å². The summed E-state index contributed by atoms with van der Waals surface area (Å²) in [6.07, 6.45) is 2.13. The van der Waals surface area contributed by atoms with E-state index in [0.717, 1.165) is 24.9 Å². The lowest BCUT2D eigenvalue weighted by atomic mass is 9.91. The predicted octanol–water partition coefficient (Wildman–Crippen LogP) is 2.28. The highest BCUT2D eigenvalue weighted by atomic mass is 32.2.